The highest BCUT2D eigenvalue weighted by atomic mass is 19.4. The predicted octanol–water partition coefficient (Wildman–Crippen LogP) is 3.80. The molecule has 2 aromatic rings. The summed E-state index contributed by atoms with van der Waals surface area (Å²) >= 11 is 0. The highest BCUT2D eigenvalue weighted by Crippen LogP contribution is 2.39. The second-order valence-corrected chi connectivity index (χ2v) is 9.16. The lowest BCUT2D eigenvalue weighted by Gasteiger charge is -2.23. The lowest BCUT2D eigenvalue weighted by Crippen LogP contribution is -2.38. The summed E-state index contributed by atoms with van der Waals surface area (Å²) in [5.74, 6) is -2.03. The molecule has 5 rings (SSSR count). The molecule has 3 aliphatic rings. The number of halogens is 4. The van der Waals surface area contributed by atoms with E-state index in [2.05, 4.69) is 10.3 Å². The van der Waals surface area contributed by atoms with Crippen LogP contribution < -0.4 is 19.5 Å². The largest absolute Gasteiger partial charge is 0.490 e. The van der Waals surface area contributed by atoms with Crippen molar-refractivity contribution < 1.29 is 41.4 Å². The molecule has 0 radical (unpaired) electrons. The number of ether oxygens (including phenoxy) is 3. The van der Waals surface area contributed by atoms with Crippen LogP contribution in [0.5, 0.6) is 17.4 Å². The number of pyridine rings is 1. The van der Waals surface area contributed by atoms with Crippen LogP contribution in [0.4, 0.5) is 23.2 Å². The van der Waals surface area contributed by atoms with Crippen molar-refractivity contribution in [2.75, 3.05) is 18.5 Å². The van der Waals surface area contributed by atoms with Crippen LogP contribution in [0.1, 0.15) is 41.3 Å². The van der Waals surface area contributed by atoms with Crippen LogP contribution in [0.2, 0.25) is 0 Å². The van der Waals surface area contributed by atoms with Gasteiger partial charge in [0.2, 0.25) is 11.7 Å². The molecule has 0 saturated carbocycles. The monoisotopic (exact) mass is 509 g/mol. The van der Waals surface area contributed by atoms with Crippen molar-refractivity contribution >= 4 is 17.5 Å². The Morgan fingerprint density at radius 1 is 1.25 bits per heavy atom. The minimum atomic E-state index is -4.62. The molecule has 1 aromatic carbocycles. The lowest BCUT2D eigenvalue weighted by atomic mass is 10.1. The van der Waals surface area contributed by atoms with Crippen molar-refractivity contribution in [2.24, 2.45) is 0 Å². The fourth-order valence-corrected chi connectivity index (χ4v) is 4.61. The summed E-state index contributed by atoms with van der Waals surface area (Å²) in [4.78, 5) is 30.6. The van der Waals surface area contributed by atoms with Gasteiger partial charge in [0, 0.05) is 19.0 Å². The van der Waals surface area contributed by atoms with Gasteiger partial charge in [-0.3, -0.25) is 9.59 Å². The normalized spacial score (nSPS) is 22.0. The lowest BCUT2D eigenvalue weighted by molar-refractivity contribution is -0.189. The fourth-order valence-electron chi connectivity index (χ4n) is 4.61. The molecule has 3 aliphatic heterocycles. The highest BCUT2D eigenvalue weighted by molar-refractivity contribution is 6.00. The molecule has 0 bridgehead atoms. The van der Waals surface area contributed by atoms with Crippen LogP contribution in [0.15, 0.2) is 18.3 Å². The van der Waals surface area contributed by atoms with Gasteiger partial charge in [-0.25, -0.2) is 4.98 Å². The Balaban J connectivity index is 1.38. The summed E-state index contributed by atoms with van der Waals surface area (Å²) in [5.41, 5.74) is 1.08. The number of fused-ring (bicyclic) bond motifs is 3. The van der Waals surface area contributed by atoms with E-state index in [1.807, 2.05) is 0 Å². The molecule has 8 nitrogen and oxygen atoms in total. The summed E-state index contributed by atoms with van der Waals surface area (Å²) in [6, 6.07) is 2.49. The van der Waals surface area contributed by atoms with E-state index in [1.54, 1.807) is 13.0 Å². The van der Waals surface area contributed by atoms with Crippen molar-refractivity contribution in [3.05, 3.63) is 40.8 Å². The Labute approximate surface area is 203 Å². The molecule has 1 saturated heterocycles. The maximum absolute atomic E-state index is 15.0. The quantitative estimate of drug-likeness (QED) is 0.631. The molecular formula is C24H23F4N3O5. The molecule has 36 heavy (non-hydrogen) atoms. The highest BCUT2D eigenvalue weighted by Gasteiger charge is 2.44. The first-order valence-corrected chi connectivity index (χ1v) is 11.5. The minimum absolute atomic E-state index is 0.0352. The number of alkyl halides is 3. The van der Waals surface area contributed by atoms with Gasteiger partial charge in [-0.15, -0.1) is 0 Å². The second-order valence-electron chi connectivity index (χ2n) is 9.16. The van der Waals surface area contributed by atoms with Crippen molar-refractivity contribution in [3.8, 4) is 17.4 Å². The van der Waals surface area contributed by atoms with Crippen LogP contribution in [0.25, 0.3) is 0 Å². The van der Waals surface area contributed by atoms with E-state index in [0.717, 1.165) is 6.92 Å². The second kappa shape index (κ2) is 8.82. The molecule has 0 unspecified atom stereocenters. The number of aromatic nitrogens is 1. The van der Waals surface area contributed by atoms with Crippen LogP contribution in [0, 0.1) is 12.7 Å². The smallest absolute Gasteiger partial charge is 0.425 e. The number of nitrogens with zero attached hydrogens (tertiary/aromatic N) is 2. The number of amides is 2. The average molecular weight is 509 g/mol. The maximum atomic E-state index is 15.0. The first-order valence-electron chi connectivity index (χ1n) is 11.5. The van der Waals surface area contributed by atoms with E-state index in [0.29, 0.717) is 24.0 Å². The summed E-state index contributed by atoms with van der Waals surface area (Å²) in [5, 5.41) is 2.49. The van der Waals surface area contributed by atoms with Crippen LogP contribution in [-0.2, 0) is 11.2 Å². The van der Waals surface area contributed by atoms with Gasteiger partial charge in [0.15, 0.2) is 6.10 Å². The fraction of sp³-hybridized carbons (Fsp3) is 0.458. The van der Waals surface area contributed by atoms with E-state index < -0.39 is 36.2 Å². The van der Waals surface area contributed by atoms with Crippen LogP contribution in [-0.4, -0.2) is 59.3 Å². The van der Waals surface area contributed by atoms with E-state index in [1.165, 1.54) is 17.2 Å². The molecule has 0 spiro atoms. The number of carbonyl (C=O) groups excluding carboxylic acids is 2. The van der Waals surface area contributed by atoms with E-state index in [4.69, 9.17) is 14.2 Å². The number of aryl methyl sites for hydroxylation is 2. The number of rotatable bonds is 4. The predicted molar refractivity (Wildman–Crippen MR) is 118 cm³/mol. The van der Waals surface area contributed by atoms with Gasteiger partial charge in [0.25, 0.3) is 11.8 Å². The molecule has 12 heteroatoms. The van der Waals surface area contributed by atoms with Crippen molar-refractivity contribution in [2.45, 2.75) is 57.5 Å². The Bertz CT molecular complexity index is 1240. The molecule has 192 valence electrons. The van der Waals surface area contributed by atoms with E-state index in [9.17, 15) is 27.2 Å². The first-order chi connectivity index (χ1) is 17.0. The number of hydrogen-bond acceptors (Lipinski definition) is 6. The number of benzene rings is 1. The number of nitrogens with one attached hydrogen (secondary N) is 1. The van der Waals surface area contributed by atoms with Gasteiger partial charge in [-0.1, -0.05) is 0 Å². The Hall–Kier alpha value is -3.57. The summed E-state index contributed by atoms with van der Waals surface area (Å²) in [7, 11) is 0. The Morgan fingerprint density at radius 3 is 2.78 bits per heavy atom. The van der Waals surface area contributed by atoms with Crippen molar-refractivity contribution in [1.29, 1.82) is 0 Å². The molecule has 2 amide bonds. The van der Waals surface area contributed by atoms with Crippen molar-refractivity contribution in [3.63, 3.8) is 0 Å². The number of hydrogen-bond donors (Lipinski definition) is 1. The third-order valence-corrected chi connectivity index (χ3v) is 6.49. The Kier molecular flexibility index (Phi) is 5.92. The third kappa shape index (κ3) is 4.40. The molecule has 1 aromatic heterocycles. The van der Waals surface area contributed by atoms with Crippen LogP contribution >= 0.6 is 0 Å². The SMILES string of the molecule is Cc1cc2c(c(O[C@H](C)C(F)(F)F)c1)C(=O)N1C[C@@H](Oc3ncc4c(c3F)NC(=O)CC4)C[C@@H]1CO2. The van der Waals surface area contributed by atoms with E-state index in [-0.39, 0.29) is 54.1 Å². The maximum Gasteiger partial charge on any atom is 0.425 e. The molecular weight excluding hydrogens is 486 g/mol. The van der Waals surface area contributed by atoms with Gasteiger partial charge in [-0.2, -0.15) is 17.6 Å². The van der Waals surface area contributed by atoms with E-state index >= 15 is 0 Å². The van der Waals surface area contributed by atoms with Gasteiger partial charge in [0.05, 0.1) is 18.3 Å². The van der Waals surface area contributed by atoms with Crippen molar-refractivity contribution in [1.82, 2.24) is 9.88 Å². The van der Waals surface area contributed by atoms with Gasteiger partial charge in [0.1, 0.15) is 29.8 Å². The van der Waals surface area contributed by atoms with Crippen LogP contribution in [0.3, 0.4) is 0 Å². The van der Waals surface area contributed by atoms with Gasteiger partial charge < -0.3 is 24.4 Å². The standard InChI is InChI=1S/C24H23F4N3O5/c1-11-5-16-19(17(6-11)35-12(2)24(26,27)28)23(33)31-9-15(7-14(31)10-34-16)36-22-20(25)21-13(8-29-22)3-4-18(32)30-21/h5-6,8,12,14-15H,3-4,7,9-10H2,1-2H3,(H,30,32)/t12-,14-,15+/m1/s1. The Morgan fingerprint density at radius 2 is 2.03 bits per heavy atom. The zero-order chi connectivity index (χ0) is 25.8. The first kappa shape index (κ1) is 24.1. The summed E-state index contributed by atoms with van der Waals surface area (Å²) < 4.78 is 71.2. The minimum Gasteiger partial charge on any atom is -0.490 e. The molecule has 1 fully saturated rings. The molecule has 0 aliphatic carbocycles. The summed E-state index contributed by atoms with van der Waals surface area (Å²) in [6.07, 6.45) is -5.06. The molecule has 4 heterocycles. The zero-order valence-corrected chi connectivity index (χ0v) is 19.4. The number of carbonyl (C=O) groups is 2. The topological polar surface area (TPSA) is 90.0 Å². The average Bonchev–Trinajstić information content (AvgIpc) is 3.16. The molecule has 1 N–H and O–H groups in total. The summed E-state index contributed by atoms with van der Waals surface area (Å²) in [6.45, 7) is 2.64. The van der Waals surface area contributed by atoms with Gasteiger partial charge in [-0.05, 0) is 43.5 Å². The van der Waals surface area contributed by atoms with Gasteiger partial charge >= 0.3 is 6.18 Å². The molecule has 3 atom stereocenters. The zero-order valence-electron chi connectivity index (χ0n) is 19.4. The number of anilines is 1. The third-order valence-electron chi connectivity index (χ3n) is 6.49.